The van der Waals surface area contributed by atoms with Crippen molar-refractivity contribution in [3.8, 4) is 23.1 Å². The summed E-state index contributed by atoms with van der Waals surface area (Å²) in [6, 6.07) is 16.9. The van der Waals surface area contributed by atoms with Gasteiger partial charge in [0.2, 0.25) is 5.91 Å². The summed E-state index contributed by atoms with van der Waals surface area (Å²) in [4.78, 5) is 24.9. The lowest BCUT2D eigenvalue weighted by molar-refractivity contribution is -0.117. The van der Waals surface area contributed by atoms with Gasteiger partial charge in [-0.1, -0.05) is 23.7 Å². The van der Waals surface area contributed by atoms with Gasteiger partial charge in [0, 0.05) is 41.2 Å². The number of hydrogen-bond donors (Lipinski definition) is 1. The number of amides is 1. The molecule has 0 bridgehead atoms. The van der Waals surface area contributed by atoms with Crippen LogP contribution in [-0.2, 0) is 16.1 Å². The second-order valence-corrected chi connectivity index (χ2v) is 7.99. The molecule has 0 saturated carbocycles. The van der Waals surface area contributed by atoms with Crippen LogP contribution in [0.2, 0.25) is 5.02 Å². The smallest absolute Gasteiger partial charge is 0.267 e. The van der Waals surface area contributed by atoms with E-state index < -0.39 is 11.5 Å². The number of carbonyl (C=O) groups is 1. The minimum Gasteiger partial charge on any atom is -0.490 e. The number of nitriles is 1. The lowest BCUT2D eigenvalue weighted by Crippen LogP contribution is -2.29. The number of benzene rings is 2. The molecule has 3 aromatic rings. The lowest BCUT2D eigenvalue weighted by atomic mass is 10.1. The average molecular weight is 465 g/mol. The van der Waals surface area contributed by atoms with Crippen LogP contribution in [0.5, 0.6) is 5.75 Å². The van der Waals surface area contributed by atoms with Crippen molar-refractivity contribution in [3.05, 3.63) is 75.5 Å². The predicted octanol–water partition coefficient (Wildman–Crippen LogP) is 3.63. The SMILES string of the molecule is N#Cc1cc(NC(=O)Cn2nc(-c3ccc(Cl)cc3)ccc2=O)cc(OC2CCOCC2)c1. The first-order valence-corrected chi connectivity index (χ1v) is 10.8. The van der Waals surface area contributed by atoms with Crippen molar-refractivity contribution in [2.45, 2.75) is 25.5 Å². The number of anilines is 1. The van der Waals surface area contributed by atoms with Gasteiger partial charge in [0.1, 0.15) is 18.4 Å². The molecule has 0 unspecified atom stereocenters. The number of rotatable bonds is 6. The zero-order chi connectivity index (χ0) is 23.2. The standard InChI is InChI=1S/C24H21ClN4O4/c25-18-3-1-17(2-4-18)22-5-6-24(31)29(28-22)15-23(30)27-19-11-16(14-26)12-21(13-19)33-20-7-9-32-10-8-20/h1-6,11-13,20H,7-10,15H2,(H,27,30). The van der Waals surface area contributed by atoms with E-state index in [9.17, 15) is 14.9 Å². The first-order chi connectivity index (χ1) is 16.0. The number of aromatic nitrogens is 2. The number of carbonyl (C=O) groups excluding carboxylic acids is 1. The van der Waals surface area contributed by atoms with Crippen molar-refractivity contribution in [2.75, 3.05) is 18.5 Å². The third-order valence-corrected chi connectivity index (χ3v) is 5.34. The quantitative estimate of drug-likeness (QED) is 0.597. The molecular weight excluding hydrogens is 444 g/mol. The van der Waals surface area contributed by atoms with Gasteiger partial charge in [-0.3, -0.25) is 9.59 Å². The van der Waals surface area contributed by atoms with E-state index in [2.05, 4.69) is 16.5 Å². The molecule has 0 spiro atoms. The first-order valence-electron chi connectivity index (χ1n) is 10.4. The summed E-state index contributed by atoms with van der Waals surface area (Å²) in [6.07, 6.45) is 1.52. The van der Waals surface area contributed by atoms with Gasteiger partial charge in [0.25, 0.3) is 5.56 Å². The summed E-state index contributed by atoms with van der Waals surface area (Å²) >= 11 is 5.93. The minimum absolute atomic E-state index is 0.00497. The molecular formula is C24H21ClN4O4. The van der Waals surface area contributed by atoms with Gasteiger partial charge in [0.05, 0.1) is 30.5 Å². The molecule has 1 saturated heterocycles. The average Bonchev–Trinajstić information content (AvgIpc) is 2.81. The zero-order valence-corrected chi connectivity index (χ0v) is 18.4. The minimum atomic E-state index is -0.454. The molecule has 1 aliphatic rings. The van der Waals surface area contributed by atoms with Gasteiger partial charge >= 0.3 is 0 Å². The summed E-state index contributed by atoms with van der Waals surface area (Å²) in [5.74, 6) is 0.0428. The van der Waals surface area contributed by atoms with Crippen LogP contribution in [0.15, 0.2) is 59.4 Å². The van der Waals surface area contributed by atoms with E-state index in [-0.39, 0.29) is 12.6 Å². The van der Waals surface area contributed by atoms with Crippen molar-refractivity contribution < 1.29 is 14.3 Å². The Labute approximate surface area is 195 Å². The molecule has 9 heteroatoms. The van der Waals surface area contributed by atoms with E-state index >= 15 is 0 Å². The molecule has 1 amide bonds. The van der Waals surface area contributed by atoms with Crippen molar-refractivity contribution in [2.24, 2.45) is 0 Å². The van der Waals surface area contributed by atoms with Crippen molar-refractivity contribution in [1.82, 2.24) is 9.78 Å². The molecule has 168 valence electrons. The van der Waals surface area contributed by atoms with Crippen LogP contribution in [0.25, 0.3) is 11.3 Å². The fourth-order valence-corrected chi connectivity index (χ4v) is 3.59. The van der Waals surface area contributed by atoms with Gasteiger partial charge in [-0.25, -0.2) is 4.68 Å². The van der Waals surface area contributed by atoms with Crippen molar-refractivity contribution in [1.29, 1.82) is 5.26 Å². The molecule has 1 N–H and O–H groups in total. The summed E-state index contributed by atoms with van der Waals surface area (Å²) in [6.45, 7) is 0.971. The van der Waals surface area contributed by atoms with Crippen LogP contribution in [0.1, 0.15) is 18.4 Å². The second-order valence-electron chi connectivity index (χ2n) is 7.56. The second kappa shape index (κ2) is 10.3. The fourth-order valence-electron chi connectivity index (χ4n) is 3.46. The summed E-state index contributed by atoms with van der Waals surface area (Å²) < 4.78 is 12.4. The Morgan fingerprint density at radius 3 is 2.67 bits per heavy atom. The maximum Gasteiger partial charge on any atom is 0.267 e. The van der Waals surface area contributed by atoms with Crippen LogP contribution >= 0.6 is 11.6 Å². The Morgan fingerprint density at radius 2 is 1.94 bits per heavy atom. The van der Waals surface area contributed by atoms with E-state index in [4.69, 9.17) is 21.1 Å². The maximum atomic E-state index is 12.7. The molecule has 0 aliphatic carbocycles. The third kappa shape index (κ3) is 5.98. The van der Waals surface area contributed by atoms with Gasteiger partial charge in [-0.05, 0) is 30.3 Å². The highest BCUT2D eigenvalue weighted by Crippen LogP contribution is 2.24. The molecule has 2 heterocycles. The maximum absolute atomic E-state index is 12.7. The van der Waals surface area contributed by atoms with Crippen LogP contribution in [-0.4, -0.2) is 35.0 Å². The van der Waals surface area contributed by atoms with E-state index in [1.54, 1.807) is 48.5 Å². The molecule has 0 radical (unpaired) electrons. The highest BCUT2D eigenvalue weighted by molar-refractivity contribution is 6.30. The summed E-state index contributed by atoms with van der Waals surface area (Å²) in [5, 5.41) is 17.0. The number of hydrogen-bond acceptors (Lipinski definition) is 6. The fraction of sp³-hybridized carbons (Fsp3) is 0.250. The molecule has 1 fully saturated rings. The Bertz CT molecular complexity index is 1240. The Morgan fingerprint density at radius 1 is 1.18 bits per heavy atom. The van der Waals surface area contributed by atoms with E-state index in [1.807, 2.05) is 0 Å². The molecule has 2 aromatic carbocycles. The molecule has 8 nitrogen and oxygen atoms in total. The third-order valence-electron chi connectivity index (χ3n) is 5.09. The monoisotopic (exact) mass is 464 g/mol. The van der Waals surface area contributed by atoms with E-state index in [0.29, 0.717) is 40.9 Å². The molecule has 33 heavy (non-hydrogen) atoms. The molecule has 0 atom stereocenters. The largest absolute Gasteiger partial charge is 0.490 e. The molecule has 1 aliphatic heterocycles. The highest BCUT2D eigenvalue weighted by atomic mass is 35.5. The van der Waals surface area contributed by atoms with E-state index in [0.717, 1.165) is 23.1 Å². The van der Waals surface area contributed by atoms with Gasteiger partial charge < -0.3 is 14.8 Å². The van der Waals surface area contributed by atoms with Crippen LogP contribution < -0.4 is 15.6 Å². The number of nitrogens with zero attached hydrogens (tertiary/aromatic N) is 3. The Kier molecular flexibility index (Phi) is 7.03. The van der Waals surface area contributed by atoms with Crippen molar-refractivity contribution in [3.63, 3.8) is 0 Å². The Hall–Kier alpha value is -3.67. The number of halogens is 1. The Balaban J connectivity index is 1.49. The first kappa shape index (κ1) is 22.5. The van der Waals surface area contributed by atoms with Crippen LogP contribution in [0, 0.1) is 11.3 Å². The summed E-state index contributed by atoms with van der Waals surface area (Å²) in [5.41, 5.74) is 1.66. The number of ether oxygens (including phenoxy) is 2. The van der Waals surface area contributed by atoms with Gasteiger partial charge in [-0.15, -0.1) is 0 Å². The van der Waals surface area contributed by atoms with Crippen LogP contribution in [0.4, 0.5) is 5.69 Å². The summed E-state index contributed by atoms with van der Waals surface area (Å²) in [7, 11) is 0. The predicted molar refractivity (Wildman–Crippen MR) is 123 cm³/mol. The van der Waals surface area contributed by atoms with Gasteiger partial charge in [0.15, 0.2) is 0 Å². The lowest BCUT2D eigenvalue weighted by Gasteiger charge is -2.23. The topological polar surface area (TPSA) is 106 Å². The molecule has 4 rings (SSSR count). The number of nitrogens with one attached hydrogen (secondary N) is 1. The zero-order valence-electron chi connectivity index (χ0n) is 17.7. The highest BCUT2D eigenvalue weighted by Gasteiger charge is 2.16. The van der Waals surface area contributed by atoms with Gasteiger partial charge in [-0.2, -0.15) is 10.4 Å². The van der Waals surface area contributed by atoms with Crippen LogP contribution in [0.3, 0.4) is 0 Å². The van der Waals surface area contributed by atoms with Crippen molar-refractivity contribution >= 4 is 23.2 Å². The van der Waals surface area contributed by atoms with E-state index in [1.165, 1.54) is 6.07 Å². The normalized spacial score (nSPS) is 13.8. The molecule has 1 aromatic heterocycles.